The lowest BCUT2D eigenvalue weighted by molar-refractivity contribution is -0.128. The summed E-state index contributed by atoms with van der Waals surface area (Å²) in [5, 5.41) is 7.00. The van der Waals surface area contributed by atoms with Gasteiger partial charge in [0.2, 0.25) is 0 Å². The van der Waals surface area contributed by atoms with Crippen LogP contribution >= 0.6 is 0 Å². The van der Waals surface area contributed by atoms with Gasteiger partial charge in [0.25, 0.3) is 5.91 Å². The average molecular weight is 311 g/mol. The van der Waals surface area contributed by atoms with Crippen LogP contribution in [0, 0.1) is 0 Å². The Kier molecular flexibility index (Phi) is 4.08. The number of rotatable bonds is 2. The Morgan fingerprint density at radius 1 is 1.00 bits per heavy atom. The zero-order valence-corrected chi connectivity index (χ0v) is 13.6. The normalized spacial score (nSPS) is 26.0. The SMILES string of the molecule is O=C1C2=C(CN1C1CCCCC1)C(c1ccccc1)NCCN2. The molecule has 0 bridgehead atoms. The van der Waals surface area contributed by atoms with Gasteiger partial charge in [0, 0.05) is 25.7 Å². The molecule has 2 aliphatic heterocycles. The number of carbonyl (C=O) groups is 1. The Morgan fingerprint density at radius 3 is 2.57 bits per heavy atom. The second-order valence-electron chi connectivity index (χ2n) is 6.85. The maximum atomic E-state index is 12.9. The van der Waals surface area contributed by atoms with Crippen molar-refractivity contribution in [3.05, 3.63) is 47.2 Å². The molecule has 1 saturated carbocycles. The second-order valence-corrected chi connectivity index (χ2v) is 6.85. The van der Waals surface area contributed by atoms with Gasteiger partial charge in [-0.05, 0) is 24.0 Å². The van der Waals surface area contributed by atoms with E-state index in [4.69, 9.17) is 0 Å². The molecular formula is C19H25N3O. The first-order valence-electron chi connectivity index (χ1n) is 8.91. The molecule has 3 aliphatic rings. The fourth-order valence-corrected chi connectivity index (χ4v) is 4.22. The molecule has 1 aromatic rings. The smallest absolute Gasteiger partial charge is 0.270 e. The lowest BCUT2D eigenvalue weighted by Crippen LogP contribution is -2.41. The predicted molar refractivity (Wildman–Crippen MR) is 90.8 cm³/mol. The van der Waals surface area contributed by atoms with Crippen molar-refractivity contribution in [2.24, 2.45) is 0 Å². The van der Waals surface area contributed by atoms with Crippen LogP contribution in [0.1, 0.15) is 43.7 Å². The van der Waals surface area contributed by atoms with Crippen LogP contribution < -0.4 is 10.6 Å². The molecule has 1 aromatic carbocycles. The van der Waals surface area contributed by atoms with Gasteiger partial charge in [0.05, 0.1) is 6.04 Å². The standard InChI is InChI=1S/C19H25N3O/c23-19-18-16(13-22(19)15-9-5-2-6-10-15)17(20-11-12-21-18)14-7-3-1-4-8-14/h1,3-4,7-8,15,17,20-21H,2,5-6,9-13H2. The van der Waals surface area contributed by atoms with E-state index in [9.17, 15) is 4.79 Å². The molecule has 23 heavy (non-hydrogen) atoms. The summed E-state index contributed by atoms with van der Waals surface area (Å²) in [5.41, 5.74) is 3.33. The van der Waals surface area contributed by atoms with Crippen molar-refractivity contribution in [3.8, 4) is 0 Å². The number of nitrogens with zero attached hydrogens (tertiary/aromatic N) is 1. The molecule has 4 heteroatoms. The lowest BCUT2D eigenvalue weighted by atomic mass is 9.94. The van der Waals surface area contributed by atoms with Crippen LogP contribution in [-0.2, 0) is 4.79 Å². The number of hydrogen-bond acceptors (Lipinski definition) is 3. The third-order valence-corrected chi connectivity index (χ3v) is 5.41. The maximum Gasteiger partial charge on any atom is 0.270 e. The van der Waals surface area contributed by atoms with Gasteiger partial charge in [-0.1, -0.05) is 49.6 Å². The molecule has 1 aliphatic carbocycles. The van der Waals surface area contributed by atoms with Crippen molar-refractivity contribution in [3.63, 3.8) is 0 Å². The topological polar surface area (TPSA) is 44.4 Å². The quantitative estimate of drug-likeness (QED) is 0.881. The first-order valence-corrected chi connectivity index (χ1v) is 8.91. The first-order chi connectivity index (χ1) is 11.3. The molecule has 0 spiro atoms. The van der Waals surface area contributed by atoms with Gasteiger partial charge in [-0.25, -0.2) is 0 Å². The first kappa shape index (κ1) is 14.8. The van der Waals surface area contributed by atoms with Gasteiger partial charge >= 0.3 is 0 Å². The van der Waals surface area contributed by atoms with E-state index in [2.05, 4.69) is 39.8 Å². The Morgan fingerprint density at radius 2 is 1.78 bits per heavy atom. The highest BCUT2D eigenvalue weighted by molar-refractivity contribution is 5.97. The molecule has 1 fully saturated rings. The lowest BCUT2D eigenvalue weighted by Gasteiger charge is -2.32. The van der Waals surface area contributed by atoms with Crippen molar-refractivity contribution < 1.29 is 4.79 Å². The van der Waals surface area contributed by atoms with E-state index in [1.165, 1.54) is 30.4 Å². The largest absolute Gasteiger partial charge is 0.379 e. The molecule has 4 nitrogen and oxygen atoms in total. The molecule has 1 atom stereocenters. The minimum absolute atomic E-state index is 0.152. The Bertz CT molecular complexity index is 604. The molecule has 1 unspecified atom stereocenters. The van der Waals surface area contributed by atoms with Crippen LogP contribution in [0.15, 0.2) is 41.6 Å². The Labute approximate surface area is 137 Å². The third kappa shape index (κ3) is 2.76. The van der Waals surface area contributed by atoms with Crippen molar-refractivity contribution in [1.29, 1.82) is 0 Å². The van der Waals surface area contributed by atoms with Crippen molar-refractivity contribution in [1.82, 2.24) is 15.5 Å². The predicted octanol–water partition coefficient (Wildman–Crippen LogP) is 2.35. The molecule has 2 heterocycles. The monoisotopic (exact) mass is 311 g/mol. The fourth-order valence-electron chi connectivity index (χ4n) is 4.22. The molecule has 0 saturated heterocycles. The summed E-state index contributed by atoms with van der Waals surface area (Å²) in [5.74, 6) is 0.219. The van der Waals surface area contributed by atoms with Crippen molar-refractivity contribution in [2.75, 3.05) is 19.6 Å². The van der Waals surface area contributed by atoms with Crippen LogP contribution in [-0.4, -0.2) is 36.5 Å². The Balaban J connectivity index is 1.62. The molecule has 0 radical (unpaired) electrons. The van der Waals surface area contributed by atoms with Crippen molar-refractivity contribution in [2.45, 2.75) is 44.2 Å². The molecule has 1 amide bonds. The van der Waals surface area contributed by atoms with E-state index < -0.39 is 0 Å². The summed E-state index contributed by atoms with van der Waals surface area (Å²) < 4.78 is 0. The van der Waals surface area contributed by atoms with Gasteiger partial charge in [-0.2, -0.15) is 0 Å². The van der Waals surface area contributed by atoms with E-state index in [0.29, 0.717) is 6.04 Å². The highest BCUT2D eigenvalue weighted by Gasteiger charge is 2.39. The van der Waals surface area contributed by atoms with E-state index in [1.54, 1.807) is 0 Å². The van der Waals surface area contributed by atoms with E-state index in [-0.39, 0.29) is 11.9 Å². The zero-order chi connectivity index (χ0) is 15.6. The van der Waals surface area contributed by atoms with Gasteiger partial charge < -0.3 is 15.5 Å². The second kappa shape index (κ2) is 6.36. The number of carbonyl (C=O) groups excluding carboxylic acids is 1. The Hall–Kier alpha value is -1.81. The minimum Gasteiger partial charge on any atom is -0.379 e. The number of nitrogens with one attached hydrogen (secondary N) is 2. The van der Waals surface area contributed by atoms with E-state index in [1.807, 2.05) is 6.07 Å². The minimum atomic E-state index is 0.152. The highest BCUT2D eigenvalue weighted by Crippen LogP contribution is 2.34. The van der Waals surface area contributed by atoms with Crippen LogP contribution in [0.2, 0.25) is 0 Å². The maximum absolute atomic E-state index is 12.9. The van der Waals surface area contributed by atoms with Crippen molar-refractivity contribution >= 4 is 5.91 Å². The summed E-state index contributed by atoms with van der Waals surface area (Å²) in [6, 6.07) is 11.1. The summed E-state index contributed by atoms with van der Waals surface area (Å²) in [4.78, 5) is 15.1. The van der Waals surface area contributed by atoms with E-state index in [0.717, 1.165) is 38.2 Å². The molecule has 4 rings (SSSR count). The fraction of sp³-hybridized carbons (Fsp3) is 0.526. The summed E-state index contributed by atoms with van der Waals surface area (Å²) in [6.45, 7) is 2.47. The number of hydrogen-bond donors (Lipinski definition) is 2. The van der Waals surface area contributed by atoms with Gasteiger partial charge in [-0.3, -0.25) is 4.79 Å². The van der Waals surface area contributed by atoms with Crippen LogP contribution in [0.5, 0.6) is 0 Å². The molecule has 0 aromatic heterocycles. The van der Waals surface area contributed by atoms with Gasteiger partial charge in [0.15, 0.2) is 0 Å². The number of benzene rings is 1. The van der Waals surface area contributed by atoms with Crippen LogP contribution in [0.4, 0.5) is 0 Å². The molecule has 122 valence electrons. The summed E-state index contributed by atoms with van der Waals surface area (Å²) >= 11 is 0. The van der Waals surface area contributed by atoms with Crippen LogP contribution in [0.3, 0.4) is 0 Å². The van der Waals surface area contributed by atoms with E-state index >= 15 is 0 Å². The molecular weight excluding hydrogens is 286 g/mol. The zero-order valence-electron chi connectivity index (χ0n) is 13.6. The highest BCUT2D eigenvalue weighted by atomic mass is 16.2. The van der Waals surface area contributed by atoms with Crippen LogP contribution in [0.25, 0.3) is 0 Å². The van der Waals surface area contributed by atoms with Gasteiger partial charge in [0.1, 0.15) is 5.70 Å². The summed E-state index contributed by atoms with van der Waals surface area (Å²) in [7, 11) is 0. The summed E-state index contributed by atoms with van der Waals surface area (Å²) in [6.07, 6.45) is 6.16. The molecule has 2 N–H and O–H groups in total. The average Bonchev–Trinajstić information content (AvgIpc) is 2.80. The number of amides is 1. The third-order valence-electron chi connectivity index (χ3n) is 5.41. The van der Waals surface area contributed by atoms with Gasteiger partial charge in [-0.15, -0.1) is 0 Å².